The summed E-state index contributed by atoms with van der Waals surface area (Å²) in [6.07, 6.45) is 0.805. The topological polar surface area (TPSA) is 12.0 Å². The van der Waals surface area contributed by atoms with E-state index in [2.05, 4.69) is 56.2 Å². The van der Waals surface area contributed by atoms with Crippen molar-refractivity contribution in [2.75, 3.05) is 7.05 Å². The standard InChI is InChI=1S/C16H16Br2FN/c1-10-7-12(17)4-6-14(10)16(20-2)8-11-3-5-13(19)9-15(11)18/h3-7,9,16,20H,8H2,1-2H3. The molecule has 0 heterocycles. The van der Waals surface area contributed by atoms with Crippen molar-refractivity contribution in [3.63, 3.8) is 0 Å². The van der Waals surface area contributed by atoms with Crippen molar-refractivity contribution < 1.29 is 4.39 Å². The third-order valence-electron chi connectivity index (χ3n) is 3.39. The summed E-state index contributed by atoms with van der Waals surface area (Å²) < 4.78 is 15.0. The van der Waals surface area contributed by atoms with Crippen LogP contribution in [0.2, 0.25) is 0 Å². The second-order valence-electron chi connectivity index (χ2n) is 4.78. The van der Waals surface area contributed by atoms with Gasteiger partial charge < -0.3 is 5.32 Å². The first kappa shape index (κ1) is 15.7. The lowest BCUT2D eigenvalue weighted by molar-refractivity contribution is 0.584. The van der Waals surface area contributed by atoms with Gasteiger partial charge in [-0.3, -0.25) is 0 Å². The normalized spacial score (nSPS) is 12.4. The summed E-state index contributed by atoms with van der Waals surface area (Å²) in [5.41, 5.74) is 3.58. The monoisotopic (exact) mass is 399 g/mol. The van der Waals surface area contributed by atoms with Crippen LogP contribution in [0.25, 0.3) is 0 Å². The first-order valence-electron chi connectivity index (χ1n) is 6.38. The van der Waals surface area contributed by atoms with E-state index in [1.807, 2.05) is 19.2 Å². The number of hydrogen-bond donors (Lipinski definition) is 1. The van der Waals surface area contributed by atoms with E-state index in [9.17, 15) is 4.39 Å². The van der Waals surface area contributed by atoms with Gasteiger partial charge in [0.15, 0.2) is 0 Å². The molecule has 1 N–H and O–H groups in total. The van der Waals surface area contributed by atoms with Crippen molar-refractivity contribution in [1.82, 2.24) is 5.32 Å². The summed E-state index contributed by atoms with van der Waals surface area (Å²) in [7, 11) is 1.95. The summed E-state index contributed by atoms with van der Waals surface area (Å²) >= 11 is 6.92. The molecule has 0 bridgehead atoms. The molecule has 0 radical (unpaired) electrons. The SMILES string of the molecule is CNC(Cc1ccc(F)cc1Br)c1ccc(Br)cc1C. The number of likely N-dealkylation sites (N-methyl/N-ethyl adjacent to an activating group) is 1. The molecular weight excluding hydrogens is 385 g/mol. The van der Waals surface area contributed by atoms with Crippen LogP contribution in [0.15, 0.2) is 45.3 Å². The molecule has 0 spiro atoms. The molecule has 0 aliphatic heterocycles. The minimum Gasteiger partial charge on any atom is -0.313 e. The molecule has 1 atom stereocenters. The maximum Gasteiger partial charge on any atom is 0.124 e. The lowest BCUT2D eigenvalue weighted by atomic mass is 9.95. The molecule has 1 nitrogen and oxygen atoms in total. The summed E-state index contributed by atoms with van der Waals surface area (Å²) in [5, 5.41) is 3.34. The number of benzene rings is 2. The Morgan fingerprint density at radius 1 is 1.15 bits per heavy atom. The van der Waals surface area contributed by atoms with Crippen LogP contribution in [-0.4, -0.2) is 7.05 Å². The minimum atomic E-state index is -0.221. The van der Waals surface area contributed by atoms with Crippen LogP contribution in [0.5, 0.6) is 0 Å². The van der Waals surface area contributed by atoms with E-state index < -0.39 is 0 Å². The zero-order valence-electron chi connectivity index (χ0n) is 11.4. The van der Waals surface area contributed by atoms with Gasteiger partial charge in [0.1, 0.15) is 5.82 Å². The second kappa shape index (κ2) is 6.83. The van der Waals surface area contributed by atoms with Gasteiger partial charge in [0.2, 0.25) is 0 Å². The minimum absolute atomic E-state index is 0.199. The van der Waals surface area contributed by atoms with Gasteiger partial charge in [0.25, 0.3) is 0 Å². The summed E-state index contributed by atoms with van der Waals surface area (Å²) in [6.45, 7) is 2.10. The van der Waals surface area contributed by atoms with Crippen molar-refractivity contribution in [2.24, 2.45) is 0 Å². The second-order valence-corrected chi connectivity index (χ2v) is 6.55. The van der Waals surface area contributed by atoms with Crippen LogP contribution in [-0.2, 0) is 6.42 Å². The lowest BCUT2D eigenvalue weighted by Gasteiger charge is -2.20. The zero-order valence-corrected chi connectivity index (χ0v) is 14.6. The fourth-order valence-corrected chi connectivity index (χ4v) is 3.29. The van der Waals surface area contributed by atoms with E-state index in [4.69, 9.17) is 0 Å². The first-order valence-corrected chi connectivity index (χ1v) is 7.97. The third-order valence-corrected chi connectivity index (χ3v) is 4.63. The molecule has 0 saturated carbocycles. The van der Waals surface area contributed by atoms with Gasteiger partial charge in [0.05, 0.1) is 0 Å². The molecule has 2 aromatic rings. The van der Waals surface area contributed by atoms with E-state index in [1.54, 1.807) is 0 Å². The number of halogens is 3. The van der Waals surface area contributed by atoms with Crippen LogP contribution in [0.4, 0.5) is 4.39 Å². The van der Waals surface area contributed by atoms with Crippen molar-refractivity contribution in [3.05, 3.63) is 67.9 Å². The number of nitrogens with one attached hydrogen (secondary N) is 1. The van der Waals surface area contributed by atoms with Crippen molar-refractivity contribution in [3.8, 4) is 0 Å². The summed E-state index contributed by atoms with van der Waals surface area (Å²) in [5.74, 6) is -0.221. The fraction of sp³-hybridized carbons (Fsp3) is 0.250. The Morgan fingerprint density at radius 3 is 2.50 bits per heavy atom. The number of hydrogen-bond acceptors (Lipinski definition) is 1. The lowest BCUT2D eigenvalue weighted by Crippen LogP contribution is -2.20. The van der Waals surface area contributed by atoms with Gasteiger partial charge in [-0.25, -0.2) is 4.39 Å². The fourth-order valence-electron chi connectivity index (χ4n) is 2.30. The van der Waals surface area contributed by atoms with Crippen LogP contribution in [0, 0.1) is 12.7 Å². The number of rotatable bonds is 4. The average Bonchev–Trinajstić information content (AvgIpc) is 2.39. The van der Waals surface area contributed by atoms with Crippen molar-refractivity contribution in [1.29, 1.82) is 0 Å². The smallest absolute Gasteiger partial charge is 0.124 e. The molecule has 20 heavy (non-hydrogen) atoms. The molecule has 4 heteroatoms. The first-order chi connectivity index (χ1) is 9.51. The molecule has 2 aromatic carbocycles. The molecule has 0 aliphatic carbocycles. The maximum atomic E-state index is 13.1. The van der Waals surface area contributed by atoms with Crippen LogP contribution in [0.1, 0.15) is 22.7 Å². The van der Waals surface area contributed by atoms with E-state index >= 15 is 0 Å². The Labute approximate surface area is 135 Å². The predicted octanol–water partition coefficient (Wildman–Crippen LogP) is 5.16. The third kappa shape index (κ3) is 3.68. The molecular formula is C16H16Br2FN. The molecule has 0 amide bonds. The highest BCUT2D eigenvalue weighted by atomic mass is 79.9. The van der Waals surface area contributed by atoms with Crippen LogP contribution < -0.4 is 5.32 Å². The summed E-state index contributed by atoms with van der Waals surface area (Å²) in [6, 6.07) is 11.3. The molecule has 2 rings (SSSR count). The molecule has 0 aliphatic rings. The van der Waals surface area contributed by atoms with E-state index in [0.717, 1.165) is 20.9 Å². The Hall–Kier alpha value is -0.710. The summed E-state index contributed by atoms with van der Waals surface area (Å²) in [4.78, 5) is 0. The molecule has 106 valence electrons. The van der Waals surface area contributed by atoms with Gasteiger partial charge in [-0.15, -0.1) is 0 Å². The van der Waals surface area contributed by atoms with Gasteiger partial charge in [-0.1, -0.05) is 44.0 Å². The van der Waals surface area contributed by atoms with Gasteiger partial charge >= 0.3 is 0 Å². The van der Waals surface area contributed by atoms with Crippen molar-refractivity contribution >= 4 is 31.9 Å². The average molecular weight is 401 g/mol. The van der Waals surface area contributed by atoms with Crippen molar-refractivity contribution in [2.45, 2.75) is 19.4 Å². The number of aryl methyl sites for hydroxylation is 1. The van der Waals surface area contributed by atoms with Gasteiger partial charge in [-0.05, 0) is 61.3 Å². The quantitative estimate of drug-likeness (QED) is 0.747. The molecule has 0 saturated heterocycles. The van der Waals surface area contributed by atoms with E-state index in [-0.39, 0.29) is 11.9 Å². The highest BCUT2D eigenvalue weighted by Crippen LogP contribution is 2.27. The van der Waals surface area contributed by atoms with E-state index in [0.29, 0.717) is 0 Å². The van der Waals surface area contributed by atoms with Crippen LogP contribution in [0.3, 0.4) is 0 Å². The Morgan fingerprint density at radius 2 is 1.90 bits per heavy atom. The van der Waals surface area contributed by atoms with Gasteiger partial charge in [-0.2, -0.15) is 0 Å². The Bertz CT molecular complexity index is 613. The molecule has 0 fully saturated rings. The Balaban J connectivity index is 2.28. The van der Waals surface area contributed by atoms with Crippen LogP contribution >= 0.6 is 31.9 Å². The molecule has 0 aromatic heterocycles. The zero-order chi connectivity index (χ0) is 14.7. The largest absolute Gasteiger partial charge is 0.313 e. The predicted molar refractivity (Wildman–Crippen MR) is 88.5 cm³/mol. The highest BCUT2D eigenvalue weighted by molar-refractivity contribution is 9.10. The van der Waals surface area contributed by atoms with E-state index in [1.165, 1.54) is 23.3 Å². The van der Waals surface area contributed by atoms with Gasteiger partial charge in [0, 0.05) is 15.0 Å². The maximum absolute atomic E-state index is 13.1. The highest BCUT2D eigenvalue weighted by Gasteiger charge is 2.14. The Kier molecular flexibility index (Phi) is 5.35. The molecule has 1 unspecified atom stereocenters.